The third-order valence-corrected chi connectivity index (χ3v) is 4.54. The monoisotopic (exact) mass is 468 g/mol. The molecule has 0 spiro atoms. The van der Waals surface area contributed by atoms with Crippen molar-refractivity contribution in [3.8, 4) is 11.3 Å². The maximum atomic E-state index is 14.2. The van der Waals surface area contributed by atoms with Crippen molar-refractivity contribution in [3.05, 3.63) is 70.9 Å². The van der Waals surface area contributed by atoms with Gasteiger partial charge in [-0.15, -0.1) is 0 Å². The molecule has 0 bridgehead atoms. The number of carbonyl (C=O) groups is 1. The Labute approximate surface area is 185 Å². The van der Waals surface area contributed by atoms with Gasteiger partial charge in [-0.3, -0.25) is 14.8 Å². The normalized spacial score (nSPS) is 12.3. The fourth-order valence-electron chi connectivity index (χ4n) is 2.79. The molecule has 1 atom stereocenters. The second-order valence-corrected chi connectivity index (χ2v) is 7.28. The predicted octanol–water partition coefficient (Wildman–Crippen LogP) is 4.81. The summed E-state index contributed by atoms with van der Waals surface area (Å²) in [6, 6.07) is 5.97. The number of benzene rings is 1. The third-order valence-electron chi connectivity index (χ3n) is 4.31. The van der Waals surface area contributed by atoms with Crippen molar-refractivity contribution in [2.24, 2.45) is 0 Å². The molecule has 0 saturated heterocycles. The quantitative estimate of drug-likeness (QED) is 0.452. The number of alkyl halides is 3. The molecule has 11 heteroatoms. The molecule has 168 valence electrons. The van der Waals surface area contributed by atoms with E-state index >= 15 is 0 Å². The number of anilines is 2. The summed E-state index contributed by atoms with van der Waals surface area (Å²) in [5.41, 5.74) is -1.76. The number of amides is 1. The van der Waals surface area contributed by atoms with Crippen LogP contribution in [0.2, 0.25) is 5.02 Å². The van der Waals surface area contributed by atoms with E-state index in [-0.39, 0.29) is 34.1 Å². The zero-order valence-electron chi connectivity index (χ0n) is 16.5. The Kier molecular flexibility index (Phi) is 6.95. The van der Waals surface area contributed by atoms with E-state index in [1.165, 1.54) is 37.5 Å². The van der Waals surface area contributed by atoms with Gasteiger partial charge in [0.05, 0.1) is 34.3 Å². The van der Waals surface area contributed by atoms with Crippen molar-refractivity contribution in [1.82, 2.24) is 15.3 Å². The molecule has 0 fully saturated rings. The molecule has 3 N–H and O–H groups in total. The Morgan fingerprint density at radius 3 is 2.62 bits per heavy atom. The number of hydrogen-bond acceptors (Lipinski definition) is 5. The predicted molar refractivity (Wildman–Crippen MR) is 111 cm³/mol. The summed E-state index contributed by atoms with van der Waals surface area (Å²) in [6.07, 6.45) is -2.56. The van der Waals surface area contributed by atoms with Crippen LogP contribution >= 0.6 is 11.6 Å². The summed E-state index contributed by atoms with van der Waals surface area (Å²) in [4.78, 5) is 20.0. The molecule has 0 aliphatic rings. The first-order valence-electron chi connectivity index (χ1n) is 9.26. The van der Waals surface area contributed by atoms with E-state index in [0.29, 0.717) is 6.20 Å². The van der Waals surface area contributed by atoms with Crippen LogP contribution in [0, 0.1) is 5.82 Å². The van der Waals surface area contributed by atoms with Gasteiger partial charge >= 0.3 is 6.18 Å². The highest BCUT2D eigenvalue weighted by Crippen LogP contribution is 2.38. The molecule has 3 rings (SSSR count). The van der Waals surface area contributed by atoms with Gasteiger partial charge in [-0.25, -0.2) is 4.39 Å². The summed E-state index contributed by atoms with van der Waals surface area (Å²) in [5, 5.41) is 14.6. The SMILES string of the molecule is C[C@H](O)CNC(=O)c1cnccc1Nc1cc(-c2cc(Cl)ccc2F)ncc1C(F)(F)F. The van der Waals surface area contributed by atoms with Crippen molar-refractivity contribution in [3.63, 3.8) is 0 Å². The van der Waals surface area contributed by atoms with Gasteiger partial charge in [0.25, 0.3) is 5.91 Å². The molecule has 0 radical (unpaired) electrons. The Morgan fingerprint density at radius 1 is 1.19 bits per heavy atom. The van der Waals surface area contributed by atoms with E-state index in [9.17, 15) is 27.5 Å². The standard InChI is InChI=1S/C21H17ClF4N4O2/c1-11(31)8-29-20(32)14-9-27-5-4-17(14)30-19-7-18(28-10-15(19)21(24,25)26)13-6-12(22)2-3-16(13)23/h2-7,9-11,31H,8H2,1H3,(H,29,32)(H,27,28,30)/t11-/m0/s1. The van der Waals surface area contributed by atoms with E-state index in [4.69, 9.17) is 11.6 Å². The van der Waals surface area contributed by atoms with Crippen LogP contribution < -0.4 is 10.6 Å². The zero-order chi connectivity index (χ0) is 23.5. The molecule has 1 aromatic carbocycles. The minimum atomic E-state index is -4.78. The van der Waals surface area contributed by atoms with Crippen LogP contribution in [0.3, 0.4) is 0 Å². The van der Waals surface area contributed by atoms with E-state index in [1.807, 2.05) is 0 Å². The van der Waals surface area contributed by atoms with Gasteiger partial charge in [0.15, 0.2) is 0 Å². The molecule has 0 aliphatic carbocycles. The number of aliphatic hydroxyl groups excluding tert-OH is 1. The zero-order valence-corrected chi connectivity index (χ0v) is 17.3. The van der Waals surface area contributed by atoms with Gasteiger partial charge in [0, 0.05) is 35.7 Å². The van der Waals surface area contributed by atoms with Crippen molar-refractivity contribution in [2.45, 2.75) is 19.2 Å². The molecule has 2 heterocycles. The Bertz CT molecular complexity index is 1140. The lowest BCUT2D eigenvalue weighted by Crippen LogP contribution is -2.31. The van der Waals surface area contributed by atoms with Gasteiger partial charge in [-0.2, -0.15) is 13.2 Å². The number of pyridine rings is 2. The Morgan fingerprint density at radius 2 is 1.94 bits per heavy atom. The summed E-state index contributed by atoms with van der Waals surface area (Å²) in [5.74, 6) is -1.36. The number of aromatic nitrogens is 2. The number of rotatable bonds is 6. The van der Waals surface area contributed by atoms with Crippen LogP contribution in [0.1, 0.15) is 22.8 Å². The summed E-state index contributed by atoms with van der Waals surface area (Å²) in [7, 11) is 0. The van der Waals surface area contributed by atoms with Crippen molar-refractivity contribution in [2.75, 3.05) is 11.9 Å². The number of nitrogens with zero attached hydrogens (tertiary/aromatic N) is 2. The summed E-state index contributed by atoms with van der Waals surface area (Å²) < 4.78 is 55.1. The maximum Gasteiger partial charge on any atom is 0.419 e. The molecular formula is C21H17ClF4N4O2. The Hall–Kier alpha value is -3.24. The average Bonchev–Trinajstić information content (AvgIpc) is 2.73. The molecule has 32 heavy (non-hydrogen) atoms. The lowest BCUT2D eigenvalue weighted by molar-refractivity contribution is -0.137. The first-order valence-corrected chi connectivity index (χ1v) is 9.64. The van der Waals surface area contributed by atoms with Crippen molar-refractivity contribution >= 4 is 28.9 Å². The first-order chi connectivity index (χ1) is 15.1. The van der Waals surface area contributed by atoms with Gasteiger partial charge < -0.3 is 15.7 Å². The number of nitrogens with one attached hydrogen (secondary N) is 2. The number of carbonyl (C=O) groups excluding carboxylic acids is 1. The van der Waals surface area contributed by atoms with Crippen LogP contribution in [0.4, 0.5) is 28.9 Å². The van der Waals surface area contributed by atoms with Crippen LogP contribution in [0.25, 0.3) is 11.3 Å². The van der Waals surface area contributed by atoms with Crippen molar-refractivity contribution < 1.29 is 27.5 Å². The smallest absolute Gasteiger partial charge is 0.392 e. The van der Waals surface area contributed by atoms with Gasteiger partial charge in [-0.1, -0.05) is 11.6 Å². The largest absolute Gasteiger partial charge is 0.419 e. The highest BCUT2D eigenvalue weighted by atomic mass is 35.5. The van der Waals surface area contributed by atoms with Crippen LogP contribution in [0.5, 0.6) is 0 Å². The molecule has 3 aromatic rings. The fraction of sp³-hybridized carbons (Fsp3) is 0.190. The average molecular weight is 469 g/mol. The maximum absolute atomic E-state index is 14.2. The summed E-state index contributed by atoms with van der Waals surface area (Å²) >= 11 is 5.89. The third kappa shape index (κ3) is 5.51. The number of hydrogen-bond donors (Lipinski definition) is 3. The second-order valence-electron chi connectivity index (χ2n) is 6.84. The van der Waals surface area contributed by atoms with Crippen LogP contribution in [-0.4, -0.2) is 33.6 Å². The summed E-state index contributed by atoms with van der Waals surface area (Å²) in [6.45, 7) is 1.40. The Balaban J connectivity index is 2.06. The minimum Gasteiger partial charge on any atom is -0.392 e. The molecule has 2 aromatic heterocycles. The van der Waals surface area contributed by atoms with Crippen molar-refractivity contribution in [1.29, 1.82) is 0 Å². The molecule has 0 unspecified atom stereocenters. The molecule has 0 saturated carbocycles. The van der Waals surface area contributed by atoms with Gasteiger partial charge in [0.1, 0.15) is 5.82 Å². The molecule has 1 amide bonds. The minimum absolute atomic E-state index is 0.0253. The first kappa shape index (κ1) is 23.4. The lowest BCUT2D eigenvalue weighted by Gasteiger charge is -2.17. The number of aliphatic hydroxyl groups is 1. The van der Waals surface area contributed by atoms with E-state index < -0.39 is 35.3 Å². The fourth-order valence-corrected chi connectivity index (χ4v) is 2.96. The topological polar surface area (TPSA) is 87.1 Å². The highest BCUT2D eigenvalue weighted by molar-refractivity contribution is 6.30. The van der Waals surface area contributed by atoms with Crippen LogP contribution in [-0.2, 0) is 6.18 Å². The second kappa shape index (κ2) is 9.49. The van der Waals surface area contributed by atoms with E-state index in [1.54, 1.807) is 0 Å². The number of halogens is 5. The molecular weight excluding hydrogens is 452 g/mol. The van der Waals surface area contributed by atoms with Gasteiger partial charge in [-0.05, 0) is 37.3 Å². The molecule has 6 nitrogen and oxygen atoms in total. The lowest BCUT2D eigenvalue weighted by atomic mass is 10.1. The highest BCUT2D eigenvalue weighted by Gasteiger charge is 2.35. The van der Waals surface area contributed by atoms with E-state index in [2.05, 4.69) is 20.6 Å². The molecule has 0 aliphatic heterocycles. The van der Waals surface area contributed by atoms with E-state index in [0.717, 1.165) is 12.1 Å². The van der Waals surface area contributed by atoms with Crippen LogP contribution in [0.15, 0.2) is 48.9 Å². The van der Waals surface area contributed by atoms with Gasteiger partial charge in [0.2, 0.25) is 0 Å².